The second-order valence-electron chi connectivity index (χ2n) is 6.04. The maximum absolute atomic E-state index is 14.2. The van der Waals surface area contributed by atoms with Crippen LogP contribution in [-0.2, 0) is 0 Å². The van der Waals surface area contributed by atoms with E-state index < -0.39 is 16.8 Å². The number of thioether (sulfide) groups is 1. The minimum Gasteiger partial charge on any atom is -0.239 e. The summed E-state index contributed by atoms with van der Waals surface area (Å²) in [5.74, 6) is -2.45. The highest BCUT2D eigenvalue weighted by atomic mass is 32.2. The fourth-order valence-electron chi connectivity index (χ4n) is 2.85. The highest BCUT2D eigenvalue weighted by Crippen LogP contribution is 2.62. The monoisotopic (exact) mass is 325 g/mol. The Bertz CT molecular complexity index is 718. The van der Waals surface area contributed by atoms with Crippen LogP contribution in [0.2, 0.25) is 0 Å². The van der Waals surface area contributed by atoms with Gasteiger partial charge in [-0.2, -0.15) is 0 Å². The summed E-state index contributed by atoms with van der Waals surface area (Å²) in [7, 11) is 0. The SMILES string of the molecule is CC1(Sc2nc3n(n2)C(c2ccccc2)CC3F)CC1(F)F. The van der Waals surface area contributed by atoms with Gasteiger partial charge in [-0.25, -0.2) is 22.8 Å². The van der Waals surface area contributed by atoms with Crippen molar-refractivity contribution in [3.63, 3.8) is 0 Å². The van der Waals surface area contributed by atoms with Crippen LogP contribution in [0.15, 0.2) is 35.5 Å². The van der Waals surface area contributed by atoms with Crippen molar-refractivity contribution in [2.24, 2.45) is 0 Å². The van der Waals surface area contributed by atoms with Crippen molar-refractivity contribution in [3.05, 3.63) is 41.7 Å². The molecule has 1 aromatic carbocycles. The third-order valence-electron chi connectivity index (χ3n) is 4.35. The Balaban J connectivity index is 1.64. The van der Waals surface area contributed by atoms with Gasteiger partial charge < -0.3 is 0 Å². The van der Waals surface area contributed by atoms with Gasteiger partial charge in [0.05, 0.1) is 10.8 Å². The molecule has 1 aliphatic carbocycles. The average Bonchev–Trinajstić information content (AvgIpc) is 2.81. The molecule has 1 aliphatic heterocycles. The van der Waals surface area contributed by atoms with Gasteiger partial charge in [0.2, 0.25) is 5.16 Å². The molecule has 0 amide bonds. The van der Waals surface area contributed by atoms with Gasteiger partial charge in [0.1, 0.15) is 0 Å². The van der Waals surface area contributed by atoms with Crippen LogP contribution in [0.4, 0.5) is 13.2 Å². The fraction of sp³-hybridized carbons (Fsp3) is 0.467. The molecule has 0 saturated heterocycles. The molecule has 0 spiro atoms. The van der Waals surface area contributed by atoms with E-state index in [9.17, 15) is 13.2 Å². The lowest BCUT2D eigenvalue weighted by molar-refractivity contribution is 0.109. The molecule has 116 valence electrons. The minimum absolute atomic E-state index is 0.185. The second-order valence-corrected chi connectivity index (χ2v) is 7.51. The van der Waals surface area contributed by atoms with Crippen molar-refractivity contribution < 1.29 is 13.2 Å². The van der Waals surface area contributed by atoms with E-state index in [0.29, 0.717) is 0 Å². The molecule has 2 aliphatic rings. The summed E-state index contributed by atoms with van der Waals surface area (Å²) < 4.78 is 41.2. The lowest BCUT2D eigenvalue weighted by Crippen LogP contribution is -2.10. The van der Waals surface area contributed by atoms with Gasteiger partial charge >= 0.3 is 0 Å². The van der Waals surface area contributed by atoms with Crippen molar-refractivity contribution in [2.75, 3.05) is 0 Å². The highest BCUT2D eigenvalue weighted by Gasteiger charge is 2.69. The lowest BCUT2D eigenvalue weighted by Gasteiger charge is -2.11. The number of halogens is 3. The number of benzene rings is 1. The van der Waals surface area contributed by atoms with Crippen molar-refractivity contribution in [3.8, 4) is 0 Å². The number of nitrogens with zero attached hydrogens (tertiary/aromatic N) is 3. The minimum atomic E-state index is -2.69. The molecule has 7 heteroatoms. The van der Waals surface area contributed by atoms with Crippen LogP contribution in [-0.4, -0.2) is 25.4 Å². The van der Waals surface area contributed by atoms with Crippen LogP contribution in [0, 0.1) is 0 Å². The number of aromatic nitrogens is 3. The number of rotatable bonds is 3. The first-order valence-corrected chi connectivity index (χ1v) is 7.94. The smallest absolute Gasteiger partial charge is 0.239 e. The van der Waals surface area contributed by atoms with Gasteiger partial charge in [-0.15, -0.1) is 5.10 Å². The molecule has 1 fully saturated rings. The Morgan fingerprint density at radius 2 is 1.95 bits per heavy atom. The van der Waals surface area contributed by atoms with Crippen molar-refractivity contribution in [2.45, 2.75) is 47.8 Å². The van der Waals surface area contributed by atoms with Gasteiger partial charge in [-0.05, 0) is 12.5 Å². The van der Waals surface area contributed by atoms with Crippen LogP contribution in [0.3, 0.4) is 0 Å². The first-order chi connectivity index (χ1) is 10.4. The third-order valence-corrected chi connectivity index (χ3v) is 5.60. The molecule has 0 bridgehead atoms. The molecule has 3 unspecified atom stereocenters. The number of hydrogen-bond acceptors (Lipinski definition) is 3. The largest absolute Gasteiger partial charge is 0.264 e. The van der Waals surface area contributed by atoms with Gasteiger partial charge in [0.25, 0.3) is 5.92 Å². The maximum Gasteiger partial charge on any atom is 0.264 e. The molecule has 2 aromatic rings. The number of fused-ring (bicyclic) bond motifs is 1. The number of alkyl halides is 3. The van der Waals surface area contributed by atoms with Crippen LogP contribution < -0.4 is 0 Å². The Hall–Kier alpha value is -1.50. The molecule has 4 rings (SSSR count). The summed E-state index contributed by atoms with van der Waals surface area (Å²) >= 11 is 0.943. The summed E-state index contributed by atoms with van der Waals surface area (Å²) in [6.07, 6.45) is -1.10. The third kappa shape index (κ3) is 2.06. The molecule has 2 heterocycles. The Morgan fingerprint density at radius 1 is 1.27 bits per heavy atom. The topological polar surface area (TPSA) is 30.7 Å². The standard InChI is InChI=1S/C15H14F3N3S/c1-14(8-15(14,17)18)22-13-19-12-10(16)7-11(21(12)20-13)9-5-3-2-4-6-9/h2-6,10-11H,7-8H2,1H3. The Labute approximate surface area is 129 Å². The summed E-state index contributed by atoms with van der Waals surface area (Å²) in [6, 6.07) is 9.28. The quantitative estimate of drug-likeness (QED) is 0.848. The van der Waals surface area contributed by atoms with E-state index in [1.54, 1.807) is 4.68 Å². The maximum atomic E-state index is 14.2. The predicted octanol–water partition coefficient (Wildman–Crippen LogP) is 4.17. The Kier molecular flexibility index (Phi) is 2.89. The lowest BCUT2D eigenvalue weighted by atomic mass is 10.0. The second kappa shape index (κ2) is 4.50. The fourth-order valence-corrected chi connectivity index (χ4v) is 3.92. The first-order valence-electron chi connectivity index (χ1n) is 7.12. The zero-order chi connectivity index (χ0) is 15.5. The molecule has 0 radical (unpaired) electrons. The summed E-state index contributed by atoms with van der Waals surface area (Å²) in [5, 5.41) is 4.52. The molecule has 1 saturated carbocycles. The summed E-state index contributed by atoms with van der Waals surface area (Å²) in [5.41, 5.74) is 0.952. The Morgan fingerprint density at radius 3 is 2.59 bits per heavy atom. The van der Waals surface area contributed by atoms with E-state index in [-0.39, 0.29) is 29.9 Å². The van der Waals surface area contributed by atoms with E-state index in [0.717, 1.165) is 17.3 Å². The van der Waals surface area contributed by atoms with E-state index >= 15 is 0 Å². The molecule has 0 N–H and O–H groups in total. The van der Waals surface area contributed by atoms with E-state index in [1.165, 1.54) is 6.92 Å². The van der Waals surface area contributed by atoms with Crippen LogP contribution in [0.1, 0.15) is 43.4 Å². The van der Waals surface area contributed by atoms with Crippen LogP contribution in [0.5, 0.6) is 0 Å². The first kappa shape index (κ1) is 14.1. The predicted molar refractivity (Wildman–Crippen MR) is 76.9 cm³/mol. The molecular formula is C15H14F3N3S. The average molecular weight is 325 g/mol. The van der Waals surface area contributed by atoms with Crippen molar-refractivity contribution >= 4 is 11.8 Å². The molecule has 3 nitrogen and oxygen atoms in total. The summed E-state index contributed by atoms with van der Waals surface area (Å²) in [4.78, 5) is 4.14. The van der Waals surface area contributed by atoms with Gasteiger partial charge in [-0.3, -0.25) is 0 Å². The van der Waals surface area contributed by atoms with E-state index in [4.69, 9.17) is 0 Å². The van der Waals surface area contributed by atoms with Crippen molar-refractivity contribution in [1.82, 2.24) is 14.8 Å². The van der Waals surface area contributed by atoms with Crippen LogP contribution >= 0.6 is 11.8 Å². The number of hydrogen-bond donors (Lipinski definition) is 0. The van der Waals surface area contributed by atoms with E-state index in [1.807, 2.05) is 30.3 Å². The molecule has 1 aromatic heterocycles. The zero-order valence-electron chi connectivity index (χ0n) is 11.8. The van der Waals surface area contributed by atoms with Gasteiger partial charge in [0, 0.05) is 12.8 Å². The summed E-state index contributed by atoms with van der Waals surface area (Å²) in [6.45, 7) is 1.49. The molecular weight excluding hydrogens is 311 g/mol. The molecule has 22 heavy (non-hydrogen) atoms. The van der Waals surface area contributed by atoms with Crippen molar-refractivity contribution in [1.29, 1.82) is 0 Å². The van der Waals surface area contributed by atoms with E-state index in [2.05, 4.69) is 10.1 Å². The zero-order valence-corrected chi connectivity index (χ0v) is 12.7. The van der Waals surface area contributed by atoms with Crippen LogP contribution in [0.25, 0.3) is 0 Å². The van der Waals surface area contributed by atoms with Gasteiger partial charge in [0.15, 0.2) is 12.0 Å². The molecule has 3 atom stereocenters. The normalized spacial score (nSPS) is 32.0. The highest BCUT2D eigenvalue weighted by molar-refractivity contribution is 8.00. The van der Waals surface area contributed by atoms with Gasteiger partial charge in [-0.1, -0.05) is 42.1 Å².